The van der Waals surface area contributed by atoms with E-state index >= 15 is 0 Å². The molecular formula is C12H26N2O. The maximum Gasteiger partial charge on any atom is 0.0615 e. The molecule has 1 heterocycles. The number of ether oxygens (including phenoxy) is 1. The van der Waals surface area contributed by atoms with Crippen molar-refractivity contribution in [2.75, 3.05) is 26.8 Å². The van der Waals surface area contributed by atoms with Crippen LogP contribution in [0.25, 0.3) is 0 Å². The topological polar surface area (TPSA) is 24.5 Å². The summed E-state index contributed by atoms with van der Waals surface area (Å²) in [7, 11) is 1.78. The number of nitrogens with zero attached hydrogens (tertiary/aromatic N) is 1. The number of hydrogen-bond donors (Lipinski definition) is 1. The van der Waals surface area contributed by atoms with Gasteiger partial charge in [-0.2, -0.15) is 0 Å². The summed E-state index contributed by atoms with van der Waals surface area (Å²) in [6, 6.07) is 1.09. The van der Waals surface area contributed by atoms with Gasteiger partial charge in [-0.25, -0.2) is 0 Å². The Morgan fingerprint density at radius 3 is 2.80 bits per heavy atom. The van der Waals surface area contributed by atoms with Crippen LogP contribution in [-0.2, 0) is 4.74 Å². The lowest BCUT2D eigenvalue weighted by molar-refractivity contribution is -0.00913. The zero-order chi connectivity index (χ0) is 11.5. The van der Waals surface area contributed by atoms with Gasteiger partial charge in [-0.05, 0) is 27.2 Å². The van der Waals surface area contributed by atoms with Crippen LogP contribution in [0.1, 0.15) is 34.1 Å². The van der Waals surface area contributed by atoms with Crippen molar-refractivity contribution in [2.45, 2.75) is 51.7 Å². The molecule has 3 nitrogen and oxygen atoms in total. The molecule has 0 aromatic heterocycles. The van der Waals surface area contributed by atoms with Gasteiger partial charge in [-0.3, -0.25) is 4.90 Å². The first kappa shape index (κ1) is 12.9. The maximum atomic E-state index is 5.27. The molecule has 0 saturated carbocycles. The Hall–Kier alpha value is -0.120. The van der Waals surface area contributed by atoms with Crippen LogP contribution < -0.4 is 5.32 Å². The van der Waals surface area contributed by atoms with Crippen molar-refractivity contribution in [1.82, 2.24) is 10.2 Å². The number of hydrogen-bond acceptors (Lipinski definition) is 3. The van der Waals surface area contributed by atoms with Crippen LogP contribution in [0.4, 0.5) is 0 Å². The molecule has 1 aliphatic rings. The molecule has 1 N–H and O–H groups in total. The van der Waals surface area contributed by atoms with E-state index in [9.17, 15) is 0 Å². The van der Waals surface area contributed by atoms with Crippen molar-refractivity contribution >= 4 is 0 Å². The van der Waals surface area contributed by atoms with Gasteiger partial charge in [-0.1, -0.05) is 6.92 Å². The Morgan fingerprint density at radius 1 is 1.60 bits per heavy atom. The molecule has 15 heavy (non-hydrogen) atoms. The highest BCUT2D eigenvalue weighted by molar-refractivity contribution is 4.96. The van der Waals surface area contributed by atoms with Gasteiger partial charge in [0.15, 0.2) is 0 Å². The van der Waals surface area contributed by atoms with E-state index in [1.54, 1.807) is 7.11 Å². The third kappa shape index (κ3) is 2.92. The van der Waals surface area contributed by atoms with Crippen molar-refractivity contribution < 1.29 is 4.74 Å². The largest absolute Gasteiger partial charge is 0.383 e. The molecular weight excluding hydrogens is 188 g/mol. The number of methoxy groups -OCH3 is 1. The molecule has 0 spiro atoms. The normalized spacial score (nSPS) is 35.4. The van der Waals surface area contributed by atoms with Crippen molar-refractivity contribution in [3.8, 4) is 0 Å². The Bertz CT molecular complexity index is 198. The molecule has 3 heteroatoms. The zero-order valence-corrected chi connectivity index (χ0v) is 10.8. The Morgan fingerprint density at radius 2 is 2.27 bits per heavy atom. The molecule has 1 saturated heterocycles. The minimum atomic E-state index is 0.282. The average molecular weight is 214 g/mol. The SMILES string of the molecule is CCC1(C)CNC(C)CN1C(C)COC. The first-order valence-electron chi connectivity index (χ1n) is 6.02. The van der Waals surface area contributed by atoms with Crippen LogP contribution in [0.15, 0.2) is 0 Å². The highest BCUT2D eigenvalue weighted by Crippen LogP contribution is 2.25. The summed E-state index contributed by atoms with van der Waals surface area (Å²) in [6.07, 6.45) is 1.18. The number of rotatable bonds is 4. The second-order valence-corrected chi connectivity index (χ2v) is 5.09. The van der Waals surface area contributed by atoms with Gasteiger partial charge >= 0.3 is 0 Å². The zero-order valence-electron chi connectivity index (χ0n) is 10.8. The molecule has 1 fully saturated rings. The van der Waals surface area contributed by atoms with Crippen LogP contribution >= 0.6 is 0 Å². The molecule has 0 aromatic rings. The first-order chi connectivity index (χ1) is 7.03. The van der Waals surface area contributed by atoms with Crippen molar-refractivity contribution in [3.05, 3.63) is 0 Å². The van der Waals surface area contributed by atoms with Crippen LogP contribution in [0.2, 0.25) is 0 Å². The smallest absolute Gasteiger partial charge is 0.0615 e. The fourth-order valence-electron chi connectivity index (χ4n) is 2.45. The minimum absolute atomic E-state index is 0.282. The van der Waals surface area contributed by atoms with E-state index in [1.807, 2.05) is 0 Å². The van der Waals surface area contributed by atoms with Gasteiger partial charge in [0.05, 0.1) is 6.61 Å². The van der Waals surface area contributed by atoms with Crippen LogP contribution in [0.5, 0.6) is 0 Å². The van der Waals surface area contributed by atoms with Gasteiger partial charge in [0.1, 0.15) is 0 Å². The van der Waals surface area contributed by atoms with Crippen LogP contribution in [0, 0.1) is 0 Å². The van der Waals surface area contributed by atoms with Crippen molar-refractivity contribution in [3.63, 3.8) is 0 Å². The summed E-state index contributed by atoms with van der Waals surface area (Å²) in [5, 5.41) is 3.57. The van der Waals surface area contributed by atoms with E-state index in [0.717, 1.165) is 19.7 Å². The van der Waals surface area contributed by atoms with Gasteiger partial charge in [0, 0.05) is 37.8 Å². The molecule has 0 aliphatic carbocycles. The van der Waals surface area contributed by atoms with Gasteiger partial charge in [0.2, 0.25) is 0 Å². The third-order valence-electron chi connectivity index (χ3n) is 3.70. The van der Waals surface area contributed by atoms with Gasteiger partial charge < -0.3 is 10.1 Å². The molecule has 0 bridgehead atoms. The maximum absolute atomic E-state index is 5.27. The first-order valence-corrected chi connectivity index (χ1v) is 6.02. The van der Waals surface area contributed by atoms with E-state index in [1.165, 1.54) is 6.42 Å². The second-order valence-electron chi connectivity index (χ2n) is 5.09. The molecule has 90 valence electrons. The summed E-state index contributed by atoms with van der Waals surface area (Å²) in [5.41, 5.74) is 0.282. The summed E-state index contributed by atoms with van der Waals surface area (Å²) in [4.78, 5) is 2.59. The minimum Gasteiger partial charge on any atom is -0.383 e. The van der Waals surface area contributed by atoms with Gasteiger partial charge in [-0.15, -0.1) is 0 Å². The predicted molar refractivity (Wildman–Crippen MR) is 64.2 cm³/mol. The Labute approximate surface area is 94.2 Å². The Kier molecular flexibility index (Phi) is 4.56. The molecule has 1 rings (SSSR count). The van der Waals surface area contributed by atoms with Crippen molar-refractivity contribution in [2.24, 2.45) is 0 Å². The highest BCUT2D eigenvalue weighted by Gasteiger charge is 2.37. The van der Waals surface area contributed by atoms with E-state index in [4.69, 9.17) is 4.74 Å². The molecule has 0 aromatic carbocycles. The standard InChI is InChI=1S/C12H26N2O/c1-6-12(4)9-13-10(2)7-14(12)11(3)8-15-5/h10-11,13H,6-9H2,1-5H3. The fourth-order valence-corrected chi connectivity index (χ4v) is 2.45. The monoisotopic (exact) mass is 214 g/mol. The Balaban J connectivity index is 2.69. The molecule has 0 amide bonds. The third-order valence-corrected chi connectivity index (χ3v) is 3.70. The fraction of sp³-hybridized carbons (Fsp3) is 1.00. The number of piperazine rings is 1. The summed E-state index contributed by atoms with van der Waals surface area (Å²) in [6.45, 7) is 12.1. The van der Waals surface area contributed by atoms with Crippen LogP contribution in [-0.4, -0.2) is 49.3 Å². The quantitative estimate of drug-likeness (QED) is 0.767. The predicted octanol–water partition coefficient (Wildman–Crippen LogP) is 1.48. The molecule has 3 unspecified atom stereocenters. The summed E-state index contributed by atoms with van der Waals surface area (Å²) in [5.74, 6) is 0. The lowest BCUT2D eigenvalue weighted by atomic mass is 9.91. The van der Waals surface area contributed by atoms with Crippen LogP contribution in [0.3, 0.4) is 0 Å². The van der Waals surface area contributed by atoms with E-state index in [2.05, 4.69) is 37.9 Å². The lowest BCUT2D eigenvalue weighted by Crippen LogP contribution is -2.65. The molecule has 0 radical (unpaired) electrons. The number of nitrogens with one attached hydrogen (secondary N) is 1. The summed E-state index contributed by atoms with van der Waals surface area (Å²) >= 11 is 0. The van der Waals surface area contributed by atoms with E-state index in [-0.39, 0.29) is 5.54 Å². The molecule has 1 aliphatic heterocycles. The lowest BCUT2D eigenvalue weighted by Gasteiger charge is -2.50. The van der Waals surface area contributed by atoms with Gasteiger partial charge in [0.25, 0.3) is 0 Å². The average Bonchev–Trinajstić information content (AvgIpc) is 2.22. The van der Waals surface area contributed by atoms with Crippen molar-refractivity contribution in [1.29, 1.82) is 0 Å². The second kappa shape index (κ2) is 5.28. The van der Waals surface area contributed by atoms with E-state index in [0.29, 0.717) is 12.1 Å². The summed E-state index contributed by atoms with van der Waals surface area (Å²) < 4.78 is 5.27. The highest BCUT2D eigenvalue weighted by atomic mass is 16.5. The molecule has 3 atom stereocenters. The van der Waals surface area contributed by atoms with E-state index < -0.39 is 0 Å².